The van der Waals surface area contributed by atoms with Crippen molar-refractivity contribution in [2.45, 2.75) is 19.1 Å². The Hall–Kier alpha value is -0.460. The van der Waals surface area contributed by atoms with Crippen LogP contribution in [-0.2, 0) is 13.9 Å². The fourth-order valence-corrected chi connectivity index (χ4v) is 1.02. The number of carbonyl (C=O) groups is 1. The first-order valence-corrected chi connectivity index (χ1v) is 4.44. The molecule has 0 spiro atoms. The van der Waals surface area contributed by atoms with Gasteiger partial charge in [-0.1, -0.05) is 0 Å². The molecule has 2 atom stereocenters. The first-order chi connectivity index (χ1) is 5.24. The zero-order valence-corrected chi connectivity index (χ0v) is 7.15. The molecule has 0 aliphatic carbocycles. The monoisotopic (exact) mass is 197 g/mol. The van der Waals surface area contributed by atoms with Gasteiger partial charge in [-0.05, 0) is 6.92 Å². The Bertz CT molecular complexity index is 212. The van der Waals surface area contributed by atoms with E-state index in [1.165, 1.54) is 0 Å². The average Bonchev–Trinajstić information content (AvgIpc) is 1.82. The number of rotatable bonds is 4. The fourth-order valence-electron chi connectivity index (χ4n) is 0.469. The molecule has 8 heteroatoms. The topological polar surface area (TPSA) is 140 Å². The maximum Gasteiger partial charge on any atom is 0.151 e. The molecule has 0 saturated heterocycles. The van der Waals surface area contributed by atoms with Gasteiger partial charge in [-0.3, -0.25) is 0 Å². The number of phosphoric acid groups is 1. The SMILES string of the molecule is C[C@H](OP(=O)([O-])[O-])[C@@H]([NH3+])C(=O)[O-]. The van der Waals surface area contributed by atoms with Crippen molar-refractivity contribution >= 4 is 13.8 Å². The zero-order chi connectivity index (χ0) is 9.94. The molecule has 72 valence electrons. The minimum Gasteiger partial charge on any atom is -0.790 e. The molecule has 0 amide bonds. The van der Waals surface area contributed by atoms with Crippen LogP contribution in [0.25, 0.3) is 0 Å². The predicted octanol–water partition coefficient (Wildman–Crippen LogP) is -4.42. The van der Waals surface area contributed by atoms with E-state index in [-0.39, 0.29) is 0 Å². The highest BCUT2D eigenvalue weighted by Crippen LogP contribution is 2.27. The molecular weight excluding hydrogens is 189 g/mol. The van der Waals surface area contributed by atoms with Gasteiger partial charge in [0.15, 0.2) is 6.04 Å². The van der Waals surface area contributed by atoms with E-state index in [9.17, 15) is 24.3 Å². The van der Waals surface area contributed by atoms with Gasteiger partial charge in [-0.15, -0.1) is 0 Å². The van der Waals surface area contributed by atoms with E-state index in [4.69, 9.17) is 0 Å². The molecule has 7 nitrogen and oxygen atoms in total. The summed E-state index contributed by atoms with van der Waals surface area (Å²) in [5, 5.41) is 10.1. The molecule has 12 heavy (non-hydrogen) atoms. The molecule has 0 aromatic rings. The van der Waals surface area contributed by atoms with Gasteiger partial charge >= 0.3 is 0 Å². The Morgan fingerprint density at radius 2 is 2.00 bits per heavy atom. The van der Waals surface area contributed by atoms with Crippen molar-refractivity contribution in [1.29, 1.82) is 0 Å². The van der Waals surface area contributed by atoms with Crippen LogP contribution >= 0.6 is 7.82 Å². The Kier molecular flexibility index (Phi) is 3.82. The lowest BCUT2D eigenvalue weighted by atomic mass is 10.2. The fraction of sp³-hybridized carbons (Fsp3) is 0.750. The van der Waals surface area contributed by atoms with E-state index in [1.807, 2.05) is 0 Å². The van der Waals surface area contributed by atoms with E-state index >= 15 is 0 Å². The molecule has 0 radical (unpaired) electrons. The van der Waals surface area contributed by atoms with Crippen LogP contribution in [0.2, 0.25) is 0 Å². The van der Waals surface area contributed by atoms with Crippen LogP contribution in [0.15, 0.2) is 0 Å². The minimum atomic E-state index is -5.15. The molecule has 0 aliphatic heterocycles. The van der Waals surface area contributed by atoms with E-state index in [0.717, 1.165) is 6.92 Å². The summed E-state index contributed by atoms with van der Waals surface area (Å²) in [6.45, 7) is 1.11. The second kappa shape index (κ2) is 3.97. The van der Waals surface area contributed by atoms with Crippen molar-refractivity contribution in [3.05, 3.63) is 0 Å². The third-order valence-corrected chi connectivity index (χ3v) is 1.76. The number of hydrogen-bond acceptors (Lipinski definition) is 6. The van der Waals surface area contributed by atoms with Crippen molar-refractivity contribution in [2.24, 2.45) is 0 Å². The van der Waals surface area contributed by atoms with E-state index in [1.54, 1.807) is 0 Å². The summed E-state index contributed by atoms with van der Waals surface area (Å²) in [4.78, 5) is 30.0. The molecule has 0 aromatic heterocycles. The maximum absolute atomic E-state index is 10.1. The Morgan fingerprint density at radius 1 is 1.58 bits per heavy atom. The number of phosphoric ester groups is 1. The molecule has 0 saturated carbocycles. The second-order valence-electron chi connectivity index (χ2n) is 2.18. The summed E-state index contributed by atoms with van der Waals surface area (Å²) in [5.41, 5.74) is 3.04. The number of carboxylic acid groups (broad SMARTS) is 1. The van der Waals surface area contributed by atoms with E-state index in [0.29, 0.717) is 0 Å². The molecule has 0 fully saturated rings. The molecule has 0 aromatic carbocycles. The lowest BCUT2D eigenvalue weighted by Gasteiger charge is -2.33. The Morgan fingerprint density at radius 3 is 2.25 bits per heavy atom. The van der Waals surface area contributed by atoms with Crippen LogP contribution in [0.3, 0.4) is 0 Å². The van der Waals surface area contributed by atoms with Gasteiger partial charge in [0, 0.05) is 0 Å². The van der Waals surface area contributed by atoms with Gasteiger partial charge in [0.25, 0.3) is 0 Å². The molecule has 0 bridgehead atoms. The number of carboxylic acids is 1. The zero-order valence-electron chi connectivity index (χ0n) is 6.26. The Labute approximate surface area is 68.4 Å². The van der Waals surface area contributed by atoms with Crippen molar-refractivity contribution < 1.29 is 34.5 Å². The van der Waals surface area contributed by atoms with Gasteiger partial charge in [-0.2, -0.15) is 0 Å². The van der Waals surface area contributed by atoms with Gasteiger partial charge in [0.1, 0.15) is 12.1 Å². The van der Waals surface area contributed by atoms with Crippen LogP contribution in [0, 0.1) is 0 Å². The predicted molar refractivity (Wildman–Crippen MR) is 29.8 cm³/mol. The lowest BCUT2D eigenvalue weighted by Crippen LogP contribution is -2.73. The van der Waals surface area contributed by atoms with Crippen LogP contribution in [0.1, 0.15) is 6.92 Å². The average molecular weight is 197 g/mol. The third kappa shape index (κ3) is 4.42. The quantitative estimate of drug-likeness (QED) is 0.451. The largest absolute Gasteiger partial charge is 0.790 e. The van der Waals surface area contributed by atoms with Crippen LogP contribution in [-0.4, -0.2) is 18.1 Å². The van der Waals surface area contributed by atoms with Crippen LogP contribution < -0.4 is 20.6 Å². The van der Waals surface area contributed by atoms with Crippen LogP contribution in [0.4, 0.5) is 0 Å². The normalized spacial score (nSPS) is 17.0. The van der Waals surface area contributed by atoms with Gasteiger partial charge in [0.2, 0.25) is 0 Å². The molecule has 0 unspecified atom stereocenters. The Balaban J connectivity index is 4.13. The summed E-state index contributed by atoms with van der Waals surface area (Å²) in [7, 11) is -5.15. The first kappa shape index (κ1) is 11.5. The summed E-state index contributed by atoms with van der Waals surface area (Å²) < 4.78 is 13.8. The van der Waals surface area contributed by atoms with E-state index in [2.05, 4.69) is 10.3 Å². The molecule has 0 heterocycles. The smallest absolute Gasteiger partial charge is 0.151 e. The minimum absolute atomic E-state index is 1.11. The third-order valence-electron chi connectivity index (χ3n) is 1.16. The van der Waals surface area contributed by atoms with Crippen molar-refractivity contribution in [3.63, 3.8) is 0 Å². The summed E-state index contributed by atoms with van der Waals surface area (Å²) in [6.07, 6.45) is -1.31. The van der Waals surface area contributed by atoms with E-state index < -0.39 is 25.9 Å². The summed E-state index contributed by atoms with van der Waals surface area (Å²) >= 11 is 0. The lowest BCUT2D eigenvalue weighted by molar-refractivity contribution is -0.452. The molecule has 3 N–H and O–H groups in total. The van der Waals surface area contributed by atoms with Gasteiger partial charge in [0.05, 0.1) is 7.82 Å². The molecule has 0 aliphatic rings. The highest BCUT2D eigenvalue weighted by atomic mass is 31.2. The second-order valence-corrected chi connectivity index (χ2v) is 3.29. The molecule has 0 rings (SSSR count). The van der Waals surface area contributed by atoms with Crippen LogP contribution in [0.5, 0.6) is 0 Å². The summed E-state index contributed by atoms with van der Waals surface area (Å²) in [5.74, 6) is -1.57. The standard InChI is InChI=1S/C4H10NO6P/c1-2(3(5)4(6)7)11-12(8,9)10/h2-3H,5H2,1H3,(H,6,7)(H2,8,9,10)/p-2/t2-,3+/m0/s1. The number of carbonyl (C=O) groups excluding carboxylic acids is 1. The number of aliphatic carboxylic acids is 1. The highest BCUT2D eigenvalue weighted by molar-refractivity contribution is 7.43. The van der Waals surface area contributed by atoms with Gasteiger partial charge < -0.3 is 34.5 Å². The van der Waals surface area contributed by atoms with Crippen molar-refractivity contribution in [3.8, 4) is 0 Å². The highest BCUT2D eigenvalue weighted by Gasteiger charge is 2.18. The number of hydrogen-bond donors (Lipinski definition) is 1. The molecular formula is C4H8NO6P-2. The maximum atomic E-state index is 10.1. The number of quaternary nitrogens is 1. The van der Waals surface area contributed by atoms with Crippen molar-refractivity contribution in [2.75, 3.05) is 0 Å². The van der Waals surface area contributed by atoms with Gasteiger partial charge in [-0.25, -0.2) is 0 Å². The summed E-state index contributed by atoms with van der Waals surface area (Å²) in [6, 6.07) is -1.39. The van der Waals surface area contributed by atoms with Crippen molar-refractivity contribution in [1.82, 2.24) is 0 Å². The first-order valence-electron chi connectivity index (χ1n) is 2.98.